The number of piperidine rings is 1. The number of carbonyl (C=O) groups excluding carboxylic acids is 2. The minimum absolute atomic E-state index is 0. The minimum atomic E-state index is -5.02. The van der Waals surface area contributed by atoms with E-state index in [1.54, 1.807) is 0 Å². The first kappa shape index (κ1) is 19.6. The third-order valence-corrected chi connectivity index (χ3v) is 3.14. The molecule has 0 saturated carbocycles. The molecule has 2 atom stereocenters. The summed E-state index contributed by atoms with van der Waals surface area (Å²) in [5, 5.41) is 0.477. The van der Waals surface area contributed by atoms with Crippen LogP contribution in [0.4, 0.5) is 4.79 Å². The Morgan fingerprint density at radius 2 is 1.95 bits per heavy atom. The van der Waals surface area contributed by atoms with Crippen molar-refractivity contribution in [2.45, 2.75) is 24.9 Å². The van der Waals surface area contributed by atoms with E-state index >= 15 is 0 Å². The summed E-state index contributed by atoms with van der Waals surface area (Å²) >= 11 is 0. The van der Waals surface area contributed by atoms with Crippen molar-refractivity contribution >= 4 is 22.3 Å². The van der Waals surface area contributed by atoms with E-state index < -0.39 is 34.4 Å². The molecule has 3 amide bonds. The van der Waals surface area contributed by atoms with Crippen LogP contribution in [0.25, 0.3) is 5.73 Å². The molecule has 2 aliphatic heterocycles. The van der Waals surface area contributed by atoms with Gasteiger partial charge in [-0.05, 0) is 12.8 Å². The Morgan fingerprint density at radius 3 is 2.42 bits per heavy atom. The Labute approximate surface area is 154 Å². The van der Waals surface area contributed by atoms with E-state index in [1.165, 1.54) is 0 Å². The van der Waals surface area contributed by atoms with Crippen molar-refractivity contribution in [2.75, 3.05) is 6.54 Å². The molecule has 96 valence electrons. The summed E-state index contributed by atoms with van der Waals surface area (Å²) in [6, 6.07) is -2.32. The summed E-state index contributed by atoms with van der Waals surface area (Å²) in [7, 11) is -5.02. The van der Waals surface area contributed by atoms with Crippen LogP contribution in [0, 0.1) is 0 Å². The van der Waals surface area contributed by atoms with Crippen LogP contribution in [0.3, 0.4) is 0 Å². The predicted octanol–water partition coefficient (Wildman–Crippen LogP) is -6.77. The smallest absolute Gasteiger partial charge is 0.724 e. The molecule has 0 spiro atoms. The molecule has 2 aliphatic rings. The largest absolute Gasteiger partial charge is 1.00 e. The quantitative estimate of drug-likeness (QED) is 0.289. The van der Waals surface area contributed by atoms with Crippen molar-refractivity contribution in [1.29, 1.82) is 0 Å². The molecular formula is C7H9N3Na2O6S. The number of urea groups is 1. The maximum atomic E-state index is 11.7. The molecule has 0 aromatic carbocycles. The summed E-state index contributed by atoms with van der Waals surface area (Å²) in [5.74, 6) is -0.913. The van der Waals surface area contributed by atoms with Gasteiger partial charge >= 0.3 is 65.1 Å². The summed E-state index contributed by atoms with van der Waals surface area (Å²) < 4.78 is 35.4. The second-order valence-electron chi connectivity index (χ2n) is 3.85. The summed E-state index contributed by atoms with van der Waals surface area (Å²) in [5.41, 5.74) is 6.99. The van der Waals surface area contributed by atoms with Gasteiger partial charge in [-0.2, -0.15) is 9.35 Å². The number of nitrogens with zero attached hydrogens (tertiary/aromatic N) is 2. The molecule has 0 unspecified atom stereocenters. The summed E-state index contributed by atoms with van der Waals surface area (Å²) in [6.07, 6.45) is 0.574. The van der Waals surface area contributed by atoms with Crippen LogP contribution >= 0.6 is 0 Å². The number of hydrogen-bond acceptors (Lipinski definition) is 6. The SMILES string of the molecule is [NH-]C(=O)[C@H]1CC[C@@H]2CN1C(=O)N2OS(=O)(=O)[O-].[Na+].[Na+]. The number of hydrogen-bond donors (Lipinski definition) is 0. The molecule has 2 rings (SSSR count). The molecule has 0 radical (unpaired) electrons. The van der Waals surface area contributed by atoms with E-state index in [9.17, 15) is 22.6 Å². The maximum absolute atomic E-state index is 11.7. The maximum Gasteiger partial charge on any atom is 1.00 e. The molecular weight excluding hydrogens is 300 g/mol. The topological polar surface area (TPSA) is 131 Å². The van der Waals surface area contributed by atoms with Gasteiger partial charge in [0.05, 0.1) is 18.0 Å². The van der Waals surface area contributed by atoms with Crippen molar-refractivity contribution in [2.24, 2.45) is 0 Å². The molecule has 2 fully saturated rings. The second kappa shape index (κ2) is 7.05. The van der Waals surface area contributed by atoms with Gasteiger partial charge in [-0.25, -0.2) is 13.2 Å². The van der Waals surface area contributed by atoms with Crippen LogP contribution in [0.5, 0.6) is 0 Å². The fourth-order valence-electron chi connectivity index (χ4n) is 2.10. The predicted molar refractivity (Wildman–Crippen MR) is 50.9 cm³/mol. The van der Waals surface area contributed by atoms with Gasteiger partial charge in [-0.1, -0.05) is 0 Å². The molecule has 0 aliphatic carbocycles. The third-order valence-electron chi connectivity index (χ3n) is 2.80. The van der Waals surface area contributed by atoms with Gasteiger partial charge in [0.2, 0.25) is 10.4 Å². The molecule has 0 aromatic rings. The van der Waals surface area contributed by atoms with E-state index in [0.29, 0.717) is 11.5 Å². The van der Waals surface area contributed by atoms with Crippen LogP contribution < -0.4 is 59.1 Å². The molecule has 0 aromatic heterocycles. The van der Waals surface area contributed by atoms with Crippen molar-refractivity contribution in [3.05, 3.63) is 5.73 Å². The fraction of sp³-hybridized carbons (Fsp3) is 0.714. The van der Waals surface area contributed by atoms with Crippen molar-refractivity contribution < 1.29 is 86.0 Å². The van der Waals surface area contributed by atoms with E-state index in [4.69, 9.17) is 5.73 Å². The molecule has 2 saturated heterocycles. The molecule has 19 heavy (non-hydrogen) atoms. The zero-order chi connectivity index (χ0) is 12.8. The van der Waals surface area contributed by atoms with Crippen LogP contribution in [0.1, 0.15) is 12.8 Å². The van der Waals surface area contributed by atoms with E-state index in [-0.39, 0.29) is 72.1 Å². The summed E-state index contributed by atoms with van der Waals surface area (Å²) in [6.45, 7) is 0.0869. The minimum Gasteiger partial charge on any atom is -0.724 e. The molecule has 2 bridgehead atoms. The zero-order valence-electron chi connectivity index (χ0n) is 10.5. The van der Waals surface area contributed by atoms with Crippen LogP contribution in [0.15, 0.2) is 0 Å². The average molecular weight is 309 g/mol. The Hall–Kier alpha value is 0.610. The standard InChI is InChI=1S/C7H11N3O6S.2Na/c8-6(11)5-2-1-4-3-9(5)7(12)10(4)16-17(13,14)15;;/h4-5H,1-3H2,(H3,8,11,13,14,15);;/q;2*+1/p-2/t4-,5-;;/m1../s1. The van der Waals surface area contributed by atoms with Crippen molar-refractivity contribution in [3.8, 4) is 0 Å². The molecule has 9 nitrogen and oxygen atoms in total. The van der Waals surface area contributed by atoms with Crippen LogP contribution in [-0.2, 0) is 19.5 Å². The van der Waals surface area contributed by atoms with Gasteiger partial charge in [0.1, 0.15) is 0 Å². The number of amides is 3. The van der Waals surface area contributed by atoms with Crippen LogP contribution in [-0.4, -0.2) is 53.5 Å². The van der Waals surface area contributed by atoms with Crippen LogP contribution in [0.2, 0.25) is 0 Å². The van der Waals surface area contributed by atoms with Gasteiger partial charge in [0.15, 0.2) is 0 Å². The normalized spacial score (nSPS) is 25.6. The molecule has 12 heteroatoms. The number of carbonyl (C=O) groups is 2. The Bertz CT molecular complexity index is 471. The molecule has 2 heterocycles. The Kier molecular flexibility index (Phi) is 7.28. The van der Waals surface area contributed by atoms with E-state index in [1.807, 2.05) is 0 Å². The third kappa shape index (κ3) is 4.29. The average Bonchev–Trinajstić information content (AvgIpc) is 2.42. The number of nitrogens with one attached hydrogen (secondary N) is 1. The first-order valence-corrected chi connectivity index (χ1v) is 6.13. The van der Waals surface area contributed by atoms with Gasteiger partial charge in [-0.15, -0.1) is 0 Å². The van der Waals surface area contributed by atoms with Crippen molar-refractivity contribution in [3.63, 3.8) is 0 Å². The fourth-order valence-corrected chi connectivity index (χ4v) is 2.48. The number of fused-ring (bicyclic) bond motifs is 2. The Balaban J connectivity index is 0.00000162. The van der Waals surface area contributed by atoms with Gasteiger partial charge in [0, 0.05) is 6.54 Å². The number of rotatable bonds is 3. The monoisotopic (exact) mass is 309 g/mol. The first-order chi connectivity index (χ1) is 7.79. The Morgan fingerprint density at radius 1 is 1.37 bits per heavy atom. The van der Waals surface area contributed by atoms with Gasteiger partial charge in [-0.3, -0.25) is 0 Å². The van der Waals surface area contributed by atoms with E-state index in [2.05, 4.69) is 4.28 Å². The van der Waals surface area contributed by atoms with Gasteiger partial charge in [0.25, 0.3) is 0 Å². The van der Waals surface area contributed by atoms with Crippen molar-refractivity contribution in [1.82, 2.24) is 9.96 Å². The first-order valence-electron chi connectivity index (χ1n) is 4.80. The molecule has 1 N–H and O–H groups in total. The number of hydroxylamine groups is 2. The summed E-state index contributed by atoms with van der Waals surface area (Å²) in [4.78, 5) is 23.7. The van der Waals surface area contributed by atoms with E-state index in [0.717, 1.165) is 4.90 Å². The van der Waals surface area contributed by atoms with Gasteiger partial charge < -0.3 is 20.0 Å². The second-order valence-corrected chi connectivity index (χ2v) is 4.82. The zero-order valence-corrected chi connectivity index (χ0v) is 15.3.